The second-order valence-electron chi connectivity index (χ2n) is 7.75. The van der Waals surface area contributed by atoms with Crippen molar-refractivity contribution in [3.63, 3.8) is 0 Å². The summed E-state index contributed by atoms with van der Waals surface area (Å²) in [5.41, 5.74) is 3.12. The molecule has 0 saturated heterocycles. The predicted molar refractivity (Wildman–Crippen MR) is 115 cm³/mol. The second-order valence-corrected chi connectivity index (χ2v) is 11.1. The van der Waals surface area contributed by atoms with Crippen LogP contribution >= 0.6 is 7.92 Å². The molecule has 0 bridgehead atoms. The van der Waals surface area contributed by atoms with Crippen molar-refractivity contribution < 1.29 is 50.7 Å². The van der Waals surface area contributed by atoms with E-state index in [2.05, 4.69) is 88.7 Å². The van der Waals surface area contributed by atoms with E-state index in [4.69, 9.17) is 0 Å². The Bertz CT molecular complexity index is 720. The van der Waals surface area contributed by atoms with Gasteiger partial charge < -0.3 is 24.8 Å². The van der Waals surface area contributed by atoms with E-state index in [1.165, 1.54) is 30.0 Å². The van der Waals surface area contributed by atoms with Crippen LogP contribution in [0.4, 0.5) is 0 Å². The van der Waals surface area contributed by atoms with E-state index in [0.29, 0.717) is 0 Å². The molecule has 4 rings (SSSR count). The zero-order valence-corrected chi connectivity index (χ0v) is 23.3. The van der Waals surface area contributed by atoms with Gasteiger partial charge in [-0.2, -0.15) is 6.07 Å². The van der Waals surface area contributed by atoms with Gasteiger partial charge in [-0.1, -0.05) is 48.1 Å². The van der Waals surface area contributed by atoms with Gasteiger partial charge >= 0.3 is 25.8 Å². The monoisotopic (exact) mass is 600 g/mol. The quantitative estimate of drug-likeness (QED) is 0.281. The number of fused-ring (bicyclic) bond motifs is 2. The minimum Gasteiger partial charge on any atom is -1.00 e. The van der Waals surface area contributed by atoms with Crippen molar-refractivity contribution in [2.45, 2.75) is 58.3 Å². The van der Waals surface area contributed by atoms with Gasteiger partial charge in [-0.05, 0) is 23.7 Å². The molecule has 2 aliphatic rings. The Morgan fingerprint density at radius 1 is 1.04 bits per heavy atom. The minimum absolute atomic E-state index is 0. The smallest absolute Gasteiger partial charge is 1.00 e. The Labute approximate surface area is 204 Å². The fourth-order valence-electron chi connectivity index (χ4n) is 4.14. The van der Waals surface area contributed by atoms with Gasteiger partial charge in [0.05, 0.1) is 0 Å². The van der Waals surface area contributed by atoms with Crippen molar-refractivity contribution in [1.29, 1.82) is 0 Å². The van der Waals surface area contributed by atoms with Gasteiger partial charge in [-0.25, -0.2) is 18.1 Å². The molecule has 1 saturated carbocycles. The summed E-state index contributed by atoms with van der Waals surface area (Å²) in [7, 11) is -0.0206. The van der Waals surface area contributed by atoms with Gasteiger partial charge in [0.2, 0.25) is 0 Å². The van der Waals surface area contributed by atoms with Crippen LogP contribution in [-0.4, -0.2) is 11.3 Å². The average molecular weight is 600 g/mol. The van der Waals surface area contributed by atoms with Crippen molar-refractivity contribution in [2.75, 3.05) is 0 Å². The van der Waals surface area contributed by atoms with E-state index in [-0.39, 0.29) is 58.6 Å². The Morgan fingerprint density at radius 3 is 2.32 bits per heavy atom. The molecule has 0 spiro atoms. The number of benzene rings is 1. The molecule has 4 heteroatoms. The molecule has 2 aliphatic carbocycles. The van der Waals surface area contributed by atoms with E-state index in [1.54, 1.807) is 10.9 Å². The summed E-state index contributed by atoms with van der Waals surface area (Å²) in [5, 5.41) is 4.36. The van der Waals surface area contributed by atoms with Gasteiger partial charge in [0.1, 0.15) is 0 Å². The summed E-state index contributed by atoms with van der Waals surface area (Å²) < 4.78 is 0. The van der Waals surface area contributed by atoms with Gasteiger partial charge in [-0.3, -0.25) is 0 Å². The van der Waals surface area contributed by atoms with Crippen LogP contribution in [0.5, 0.6) is 0 Å². The van der Waals surface area contributed by atoms with Crippen LogP contribution in [-0.2, 0) is 25.8 Å². The van der Waals surface area contributed by atoms with Crippen molar-refractivity contribution >= 4 is 24.0 Å². The van der Waals surface area contributed by atoms with Crippen molar-refractivity contribution in [3.8, 4) is 0 Å². The zero-order valence-electron chi connectivity index (χ0n) is 17.3. The third-order valence-corrected chi connectivity index (χ3v) is 8.31. The number of halogens is 2. The van der Waals surface area contributed by atoms with E-state index < -0.39 is 0 Å². The van der Waals surface area contributed by atoms with Crippen LogP contribution in [0.1, 0.15) is 47.0 Å². The first kappa shape index (κ1) is 28.1. The van der Waals surface area contributed by atoms with Crippen molar-refractivity contribution in [3.05, 3.63) is 66.6 Å². The molecule has 1 fully saturated rings. The van der Waals surface area contributed by atoms with E-state index in [1.807, 2.05) is 0 Å². The molecule has 0 radical (unpaired) electrons. The molecule has 0 nitrogen and oxygen atoms in total. The van der Waals surface area contributed by atoms with E-state index in [0.717, 1.165) is 17.2 Å². The van der Waals surface area contributed by atoms with E-state index in [9.17, 15) is 0 Å². The summed E-state index contributed by atoms with van der Waals surface area (Å²) in [6.07, 6.45) is 13.0. The standard InChI is InChI=1S/C15H20P.C9H11.2ClH.Hf/c1-11(2)16(12(3)4)15-9-13-7-5-6-8-14(13)10-15;1-2-5-9-7-3-6-8(9)4-1;;;/h5-12H,1-4H3;1-2,4,6,9H,3,5,7H2;2*1H;/q2*-1;;;+4/p-2. The largest absolute Gasteiger partial charge is 4.00 e. The fraction of sp³-hybridized carbons (Fsp3) is 0.417. The van der Waals surface area contributed by atoms with Gasteiger partial charge in [-0.15, -0.1) is 58.9 Å². The molecular weight excluding hydrogens is 569 g/mol. The first-order chi connectivity index (χ1) is 12.1. The third-order valence-electron chi connectivity index (χ3n) is 5.23. The molecular formula is C24H31Cl2HfP. The Kier molecular flexibility index (Phi) is 13.4. The topological polar surface area (TPSA) is 0 Å². The van der Waals surface area contributed by atoms with Crippen LogP contribution in [0, 0.1) is 12.3 Å². The molecule has 0 aromatic heterocycles. The van der Waals surface area contributed by atoms with Gasteiger partial charge in [0.25, 0.3) is 0 Å². The number of hydrogen-bond acceptors (Lipinski definition) is 0. The Morgan fingerprint density at radius 2 is 1.71 bits per heavy atom. The fourth-order valence-corrected chi connectivity index (χ4v) is 7.10. The molecule has 0 heterocycles. The minimum atomic E-state index is -0.0206. The maximum Gasteiger partial charge on any atom is 4.00 e. The molecule has 150 valence electrons. The molecule has 2 aromatic carbocycles. The zero-order chi connectivity index (χ0) is 17.8. The molecule has 0 aliphatic heterocycles. The second kappa shape index (κ2) is 13.4. The molecule has 1 unspecified atom stereocenters. The Hall–Kier alpha value is 0.0601. The van der Waals surface area contributed by atoms with Crippen LogP contribution in [0.25, 0.3) is 10.8 Å². The number of rotatable bonds is 3. The summed E-state index contributed by atoms with van der Waals surface area (Å²) in [6, 6.07) is 13.5. The summed E-state index contributed by atoms with van der Waals surface area (Å²) in [4.78, 5) is 0. The summed E-state index contributed by atoms with van der Waals surface area (Å²) in [6.45, 7) is 9.40. The first-order valence-electron chi connectivity index (χ1n) is 9.70. The average Bonchev–Trinajstić information content (AvgIpc) is 3.21. The maximum atomic E-state index is 2.39. The number of allylic oxidation sites excluding steroid dienone is 4. The SMILES string of the molecule is C1=CCC2CC[CH-]C2=C1.CC(C)P(c1cc2ccccc2[cH-]1)C(C)C.[Cl-].[Cl-].[Hf+4]. The van der Waals surface area contributed by atoms with Crippen LogP contribution < -0.4 is 30.1 Å². The van der Waals surface area contributed by atoms with Crippen LogP contribution in [0.15, 0.2) is 60.2 Å². The number of hydrogen-bond donors (Lipinski definition) is 0. The van der Waals surface area contributed by atoms with Crippen molar-refractivity contribution in [2.24, 2.45) is 5.92 Å². The van der Waals surface area contributed by atoms with E-state index >= 15 is 0 Å². The summed E-state index contributed by atoms with van der Waals surface area (Å²) >= 11 is 0. The molecule has 1 atom stereocenters. The third kappa shape index (κ3) is 7.09. The molecule has 0 amide bonds. The molecule has 2 aromatic rings. The van der Waals surface area contributed by atoms with Crippen LogP contribution in [0.2, 0.25) is 0 Å². The normalized spacial score (nSPS) is 17.0. The predicted octanol–water partition coefficient (Wildman–Crippen LogP) is 0.975. The Balaban J connectivity index is 0.000000525. The first-order valence-corrected chi connectivity index (χ1v) is 11.2. The van der Waals surface area contributed by atoms with Crippen molar-refractivity contribution in [1.82, 2.24) is 0 Å². The maximum absolute atomic E-state index is 2.39. The summed E-state index contributed by atoms with van der Waals surface area (Å²) in [5.74, 6) is 0.884. The van der Waals surface area contributed by atoms with Gasteiger partial charge in [0.15, 0.2) is 0 Å². The van der Waals surface area contributed by atoms with Crippen LogP contribution in [0.3, 0.4) is 0 Å². The molecule has 0 N–H and O–H groups in total. The molecule has 28 heavy (non-hydrogen) atoms. The van der Waals surface area contributed by atoms with Gasteiger partial charge in [0, 0.05) is 0 Å².